The number of hydrogen-bond donors (Lipinski definition) is 0. The van der Waals surface area contributed by atoms with E-state index in [4.69, 9.17) is 4.74 Å². The van der Waals surface area contributed by atoms with E-state index < -0.39 is 0 Å². The van der Waals surface area contributed by atoms with E-state index in [1.54, 1.807) is 7.11 Å². The highest BCUT2D eigenvalue weighted by Crippen LogP contribution is 2.45. The predicted octanol–water partition coefficient (Wildman–Crippen LogP) is 1.00. The molecule has 2 nitrogen and oxygen atoms in total. The third-order valence-corrected chi connectivity index (χ3v) is 2.86. The Morgan fingerprint density at radius 3 is 3.00 bits per heavy atom. The molecule has 2 saturated carbocycles. The van der Waals surface area contributed by atoms with Gasteiger partial charge in [-0.1, -0.05) is 6.42 Å². The Labute approximate surface area is 60.6 Å². The maximum Gasteiger partial charge on any atom is 0.165 e. The number of methoxy groups -OCH3 is 1. The minimum Gasteiger partial charge on any atom is -0.373 e. The summed E-state index contributed by atoms with van der Waals surface area (Å²) in [6.45, 7) is 0. The number of carbonyl (C=O) groups excluding carboxylic acids is 1. The minimum atomic E-state index is -0.0347. The SMILES string of the molecule is COC1C(=O)[C@@H]2CCC[C@H]12. The highest BCUT2D eigenvalue weighted by Gasteiger charge is 2.51. The number of ketones is 1. The van der Waals surface area contributed by atoms with Crippen molar-refractivity contribution in [3.05, 3.63) is 0 Å². The van der Waals surface area contributed by atoms with E-state index in [0.717, 1.165) is 6.42 Å². The molecule has 0 spiro atoms. The van der Waals surface area contributed by atoms with Gasteiger partial charge in [-0.05, 0) is 12.8 Å². The van der Waals surface area contributed by atoms with Crippen LogP contribution in [0.4, 0.5) is 0 Å². The van der Waals surface area contributed by atoms with Crippen molar-refractivity contribution in [3.63, 3.8) is 0 Å². The van der Waals surface area contributed by atoms with Gasteiger partial charge in [0.05, 0.1) is 0 Å². The molecule has 2 fully saturated rings. The zero-order chi connectivity index (χ0) is 7.14. The highest BCUT2D eigenvalue weighted by atomic mass is 16.5. The van der Waals surface area contributed by atoms with Crippen LogP contribution in [-0.2, 0) is 9.53 Å². The van der Waals surface area contributed by atoms with Gasteiger partial charge in [-0.15, -0.1) is 0 Å². The molecule has 0 aromatic heterocycles. The Kier molecular flexibility index (Phi) is 1.31. The molecule has 0 amide bonds. The normalized spacial score (nSPS) is 44.9. The lowest BCUT2D eigenvalue weighted by Gasteiger charge is -2.37. The monoisotopic (exact) mass is 140 g/mol. The Morgan fingerprint density at radius 2 is 2.30 bits per heavy atom. The van der Waals surface area contributed by atoms with Gasteiger partial charge in [-0.25, -0.2) is 0 Å². The van der Waals surface area contributed by atoms with E-state index in [1.807, 2.05) is 0 Å². The van der Waals surface area contributed by atoms with E-state index >= 15 is 0 Å². The van der Waals surface area contributed by atoms with Crippen molar-refractivity contribution in [2.45, 2.75) is 25.4 Å². The highest BCUT2D eigenvalue weighted by molar-refractivity contribution is 5.92. The van der Waals surface area contributed by atoms with Gasteiger partial charge >= 0.3 is 0 Å². The summed E-state index contributed by atoms with van der Waals surface area (Å²) in [6, 6.07) is 0. The molecule has 0 bridgehead atoms. The lowest BCUT2D eigenvalue weighted by Crippen LogP contribution is -2.50. The second-order valence-electron chi connectivity index (χ2n) is 3.26. The van der Waals surface area contributed by atoms with E-state index in [2.05, 4.69) is 0 Å². The first kappa shape index (κ1) is 6.35. The average molecular weight is 140 g/mol. The van der Waals surface area contributed by atoms with Crippen LogP contribution in [0.15, 0.2) is 0 Å². The molecule has 0 aliphatic heterocycles. The summed E-state index contributed by atoms with van der Waals surface area (Å²) >= 11 is 0. The van der Waals surface area contributed by atoms with Crippen LogP contribution in [0, 0.1) is 11.8 Å². The van der Waals surface area contributed by atoms with Gasteiger partial charge < -0.3 is 4.74 Å². The predicted molar refractivity (Wildman–Crippen MR) is 36.6 cm³/mol. The van der Waals surface area contributed by atoms with Crippen LogP contribution in [0.3, 0.4) is 0 Å². The van der Waals surface area contributed by atoms with Crippen molar-refractivity contribution >= 4 is 5.78 Å². The van der Waals surface area contributed by atoms with Gasteiger partial charge in [0.15, 0.2) is 5.78 Å². The lowest BCUT2D eigenvalue weighted by atomic mass is 9.72. The molecule has 0 radical (unpaired) electrons. The molecule has 0 saturated heterocycles. The molecule has 1 unspecified atom stereocenters. The van der Waals surface area contributed by atoms with Crippen molar-refractivity contribution in [1.82, 2.24) is 0 Å². The van der Waals surface area contributed by atoms with Crippen LogP contribution in [0.25, 0.3) is 0 Å². The quantitative estimate of drug-likeness (QED) is 0.543. The topological polar surface area (TPSA) is 26.3 Å². The molecule has 2 heteroatoms. The van der Waals surface area contributed by atoms with Gasteiger partial charge in [0, 0.05) is 18.9 Å². The zero-order valence-electron chi connectivity index (χ0n) is 6.17. The first-order valence-corrected chi connectivity index (χ1v) is 3.91. The summed E-state index contributed by atoms with van der Waals surface area (Å²) < 4.78 is 5.06. The number of rotatable bonds is 1. The first-order valence-electron chi connectivity index (χ1n) is 3.91. The van der Waals surface area contributed by atoms with E-state index in [1.165, 1.54) is 12.8 Å². The maximum absolute atomic E-state index is 11.1. The second-order valence-corrected chi connectivity index (χ2v) is 3.26. The molecule has 0 aromatic carbocycles. The summed E-state index contributed by atoms with van der Waals surface area (Å²) in [7, 11) is 1.64. The van der Waals surface area contributed by atoms with Gasteiger partial charge in [-0.2, -0.15) is 0 Å². The average Bonchev–Trinajstić information content (AvgIpc) is 2.33. The molecule has 56 valence electrons. The molecule has 2 aliphatic carbocycles. The third-order valence-electron chi connectivity index (χ3n) is 2.86. The van der Waals surface area contributed by atoms with Crippen LogP contribution in [0.5, 0.6) is 0 Å². The summed E-state index contributed by atoms with van der Waals surface area (Å²) in [5.74, 6) is 1.31. The molecule has 2 rings (SSSR count). The van der Waals surface area contributed by atoms with Gasteiger partial charge in [0.25, 0.3) is 0 Å². The van der Waals surface area contributed by atoms with Gasteiger partial charge in [0.1, 0.15) is 6.10 Å². The van der Waals surface area contributed by atoms with Crippen LogP contribution in [0.2, 0.25) is 0 Å². The molecular weight excluding hydrogens is 128 g/mol. The van der Waals surface area contributed by atoms with Crippen molar-refractivity contribution in [2.75, 3.05) is 7.11 Å². The van der Waals surface area contributed by atoms with Gasteiger partial charge in [0.2, 0.25) is 0 Å². The number of hydrogen-bond acceptors (Lipinski definition) is 2. The zero-order valence-corrected chi connectivity index (χ0v) is 6.17. The summed E-state index contributed by atoms with van der Waals surface area (Å²) in [5, 5.41) is 0. The third kappa shape index (κ3) is 0.601. The van der Waals surface area contributed by atoms with E-state index in [-0.39, 0.29) is 6.10 Å². The van der Waals surface area contributed by atoms with E-state index in [9.17, 15) is 4.79 Å². The number of Topliss-reactive ketones (excluding diaryl/α,β-unsaturated/α-hetero) is 1. The lowest BCUT2D eigenvalue weighted by molar-refractivity contribution is -0.153. The number of fused-ring (bicyclic) bond motifs is 1. The fourth-order valence-corrected chi connectivity index (χ4v) is 2.30. The summed E-state index contributed by atoms with van der Waals surface area (Å²) in [6.07, 6.45) is 3.51. The molecular formula is C8H12O2. The van der Waals surface area contributed by atoms with Crippen molar-refractivity contribution in [1.29, 1.82) is 0 Å². The van der Waals surface area contributed by atoms with E-state index in [0.29, 0.717) is 17.6 Å². The van der Waals surface area contributed by atoms with Crippen LogP contribution in [0.1, 0.15) is 19.3 Å². The smallest absolute Gasteiger partial charge is 0.165 e. The molecule has 3 atom stereocenters. The molecule has 0 N–H and O–H groups in total. The number of carbonyl (C=O) groups is 1. The summed E-state index contributed by atoms with van der Waals surface area (Å²) in [5.41, 5.74) is 0. The van der Waals surface area contributed by atoms with Crippen molar-refractivity contribution in [3.8, 4) is 0 Å². The molecule has 2 aliphatic rings. The fourth-order valence-electron chi connectivity index (χ4n) is 2.30. The van der Waals surface area contributed by atoms with Crippen molar-refractivity contribution in [2.24, 2.45) is 11.8 Å². The second kappa shape index (κ2) is 2.06. The first-order chi connectivity index (χ1) is 4.84. The van der Waals surface area contributed by atoms with Crippen LogP contribution < -0.4 is 0 Å². The molecule has 0 aromatic rings. The van der Waals surface area contributed by atoms with Gasteiger partial charge in [-0.3, -0.25) is 4.79 Å². The largest absolute Gasteiger partial charge is 0.373 e. The van der Waals surface area contributed by atoms with Crippen LogP contribution in [-0.4, -0.2) is 19.0 Å². The Balaban J connectivity index is 2.08. The Bertz CT molecular complexity index is 165. The Hall–Kier alpha value is -0.370. The minimum absolute atomic E-state index is 0.0347. The molecule has 10 heavy (non-hydrogen) atoms. The van der Waals surface area contributed by atoms with Crippen LogP contribution >= 0.6 is 0 Å². The van der Waals surface area contributed by atoms with Crippen molar-refractivity contribution < 1.29 is 9.53 Å². The fraction of sp³-hybridized carbons (Fsp3) is 0.875. The molecule has 0 heterocycles. The number of ether oxygens (including phenoxy) is 1. The standard InChI is InChI=1S/C8H12O2/c1-10-8-6-4-2-3-5(6)7(8)9/h5-6,8H,2-4H2,1H3/t5-,6+,8?/m1/s1. The summed E-state index contributed by atoms with van der Waals surface area (Å²) in [4.78, 5) is 11.1. The maximum atomic E-state index is 11.1. The Morgan fingerprint density at radius 1 is 1.50 bits per heavy atom.